The number of nitrogens with one attached hydrogen (secondary N) is 2. The molecule has 4 nitrogen and oxygen atoms in total. The van der Waals surface area contributed by atoms with Gasteiger partial charge >= 0.3 is 0 Å². The lowest BCUT2D eigenvalue weighted by Gasteiger charge is -2.35. The zero-order valence-corrected chi connectivity index (χ0v) is 12.0. The predicted molar refractivity (Wildman–Crippen MR) is 78.1 cm³/mol. The molecule has 19 heavy (non-hydrogen) atoms. The Morgan fingerprint density at radius 3 is 2.89 bits per heavy atom. The molecule has 1 unspecified atom stereocenters. The highest BCUT2D eigenvalue weighted by atomic mass is 16.2. The molecule has 2 aliphatic heterocycles. The van der Waals surface area contributed by atoms with Crippen molar-refractivity contribution in [3.8, 4) is 0 Å². The number of carbonyl (C=O) groups excluding carboxylic acids is 1. The molecule has 0 aromatic rings. The van der Waals surface area contributed by atoms with Crippen LogP contribution in [0.2, 0.25) is 0 Å². The van der Waals surface area contributed by atoms with Crippen LogP contribution in [-0.2, 0) is 4.79 Å². The van der Waals surface area contributed by atoms with Gasteiger partial charge in [-0.15, -0.1) is 0 Å². The third-order valence-corrected chi connectivity index (χ3v) is 4.22. The van der Waals surface area contributed by atoms with Gasteiger partial charge in [0.05, 0.1) is 6.04 Å². The van der Waals surface area contributed by atoms with Crippen LogP contribution < -0.4 is 10.6 Å². The summed E-state index contributed by atoms with van der Waals surface area (Å²) in [7, 11) is 0. The lowest BCUT2D eigenvalue weighted by Crippen LogP contribution is -2.50. The molecule has 0 aliphatic carbocycles. The number of allylic oxidation sites excluding steroid dienone is 1. The van der Waals surface area contributed by atoms with Crippen LogP contribution in [0.15, 0.2) is 12.2 Å². The van der Waals surface area contributed by atoms with Gasteiger partial charge in [0.1, 0.15) is 0 Å². The summed E-state index contributed by atoms with van der Waals surface area (Å²) in [6.45, 7) is 6.06. The van der Waals surface area contributed by atoms with Crippen molar-refractivity contribution in [2.45, 2.75) is 51.1 Å². The molecule has 2 saturated heterocycles. The number of hydrogen-bond donors (Lipinski definition) is 2. The first-order chi connectivity index (χ1) is 9.33. The lowest BCUT2D eigenvalue weighted by atomic mass is 10.0. The first-order valence-electron chi connectivity index (χ1n) is 7.68. The molecule has 2 rings (SSSR count). The Hall–Kier alpha value is -0.870. The molecule has 2 N–H and O–H groups in total. The highest BCUT2D eigenvalue weighted by Crippen LogP contribution is 2.24. The number of nitrogens with zero attached hydrogens (tertiary/aromatic N) is 1. The van der Waals surface area contributed by atoms with E-state index in [9.17, 15) is 4.79 Å². The number of carbonyl (C=O) groups is 1. The summed E-state index contributed by atoms with van der Waals surface area (Å²) in [6.07, 6.45) is 9.62. The van der Waals surface area contributed by atoms with E-state index in [1.54, 1.807) is 0 Å². The first kappa shape index (κ1) is 14.5. The van der Waals surface area contributed by atoms with Gasteiger partial charge in [-0.3, -0.25) is 9.69 Å². The van der Waals surface area contributed by atoms with Gasteiger partial charge in [0.15, 0.2) is 0 Å². The Kier molecular flexibility index (Phi) is 5.86. The molecule has 2 heterocycles. The largest absolute Gasteiger partial charge is 0.354 e. The molecule has 108 valence electrons. The van der Waals surface area contributed by atoms with Crippen molar-refractivity contribution >= 4 is 5.91 Å². The minimum Gasteiger partial charge on any atom is -0.354 e. The maximum Gasteiger partial charge on any atom is 0.237 e. The molecular weight excluding hydrogens is 238 g/mol. The quantitative estimate of drug-likeness (QED) is 0.581. The molecule has 1 atom stereocenters. The molecule has 0 bridgehead atoms. The van der Waals surface area contributed by atoms with Gasteiger partial charge in [-0.2, -0.15) is 0 Å². The van der Waals surface area contributed by atoms with Gasteiger partial charge in [0.25, 0.3) is 0 Å². The number of amides is 1. The third kappa shape index (κ3) is 4.05. The molecule has 0 saturated carbocycles. The van der Waals surface area contributed by atoms with E-state index in [4.69, 9.17) is 0 Å². The monoisotopic (exact) mass is 265 g/mol. The lowest BCUT2D eigenvalue weighted by molar-refractivity contribution is -0.126. The SMILES string of the molecule is C/C=C/CCNC(=O)C1CCCN1C1CCNCC1. The topological polar surface area (TPSA) is 44.4 Å². The van der Waals surface area contributed by atoms with Crippen LogP contribution in [0.3, 0.4) is 0 Å². The minimum atomic E-state index is 0.119. The Balaban J connectivity index is 1.81. The van der Waals surface area contributed by atoms with Crippen molar-refractivity contribution in [2.75, 3.05) is 26.2 Å². The van der Waals surface area contributed by atoms with E-state index in [-0.39, 0.29) is 11.9 Å². The Bertz CT molecular complexity index is 311. The summed E-state index contributed by atoms with van der Waals surface area (Å²) in [5.74, 6) is 0.237. The van der Waals surface area contributed by atoms with Crippen molar-refractivity contribution in [1.29, 1.82) is 0 Å². The number of rotatable bonds is 5. The molecule has 0 aromatic carbocycles. The van der Waals surface area contributed by atoms with Crippen molar-refractivity contribution in [2.24, 2.45) is 0 Å². The number of piperidine rings is 1. The zero-order valence-electron chi connectivity index (χ0n) is 12.0. The van der Waals surface area contributed by atoms with Crippen molar-refractivity contribution < 1.29 is 4.79 Å². The Morgan fingerprint density at radius 1 is 1.37 bits per heavy atom. The first-order valence-corrected chi connectivity index (χ1v) is 7.68. The van der Waals surface area contributed by atoms with E-state index in [1.807, 2.05) is 13.0 Å². The smallest absolute Gasteiger partial charge is 0.237 e. The normalized spacial score (nSPS) is 26.1. The van der Waals surface area contributed by atoms with Gasteiger partial charge in [-0.05, 0) is 58.7 Å². The highest BCUT2D eigenvalue weighted by Gasteiger charge is 2.35. The van der Waals surface area contributed by atoms with E-state index in [1.165, 1.54) is 12.8 Å². The van der Waals surface area contributed by atoms with E-state index in [0.717, 1.165) is 45.4 Å². The Morgan fingerprint density at radius 2 is 2.16 bits per heavy atom. The summed E-state index contributed by atoms with van der Waals surface area (Å²) >= 11 is 0. The molecule has 4 heteroatoms. The van der Waals surface area contributed by atoms with Gasteiger partial charge in [0.2, 0.25) is 5.91 Å². The van der Waals surface area contributed by atoms with Crippen LogP contribution in [-0.4, -0.2) is 49.1 Å². The molecule has 1 amide bonds. The zero-order chi connectivity index (χ0) is 13.5. The maximum atomic E-state index is 12.3. The van der Waals surface area contributed by atoms with E-state index >= 15 is 0 Å². The summed E-state index contributed by atoms with van der Waals surface area (Å²) < 4.78 is 0. The Labute approximate surface area is 116 Å². The number of hydrogen-bond acceptors (Lipinski definition) is 3. The molecular formula is C15H27N3O. The third-order valence-electron chi connectivity index (χ3n) is 4.22. The standard InChI is InChI=1S/C15H27N3O/c1-2-3-4-9-17-15(19)14-6-5-12-18(14)13-7-10-16-11-8-13/h2-3,13-14,16H,4-12H2,1H3,(H,17,19)/b3-2+. The summed E-state index contributed by atoms with van der Waals surface area (Å²) in [6, 6.07) is 0.726. The van der Waals surface area contributed by atoms with Crippen LogP contribution in [0.25, 0.3) is 0 Å². The van der Waals surface area contributed by atoms with Crippen molar-refractivity contribution in [1.82, 2.24) is 15.5 Å². The predicted octanol–water partition coefficient (Wildman–Crippen LogP) is 1.29. The average Bonchev–Trinajstić information content (AvgIpc) is 2.94. The maximum absolute atomic E-state index is 12.3. The summed E-state index contributed by atoms with van der Waals surface area (Å²) in [5.41, 5.74) is 0. The molecule has 0 aromatic heterocycles. The van der Waals surface area contributed by atoms with E-state index in [2.05, 4.69) is 21.6 Å². The number of likely N-dealkylation sites (tertiary alicyclic amines) is 1. The van der Waals surface area contributed by atoms with E-state index < -0.39 is 0 Å². The molecule has 2 aliphatic rings. The van der Waals surface area contributed by atoms with Gasteiger partial charge in [-0.25, -0.2) is 0 Å². The molecule has 0 spiro atoms. The molecule has 2 fully saturated rings. The van der Waals surface area contributed by atoms with Crippen LogP contribution in [0, 0.1) is 0 Å². The van der Waals surface area contributed by atoms with Crippen LogP contribution in [0.4, 0.5) is 0 Å². The second-order valence-electron chi connectivity index (χ2n) is 5.53. The fourth-order valence-electron chi connectivity index (χ4n) is 3.21. The molecule has 0 radical (unpaired) electrons. The van der Waals surface area contributed by atoms with Crippen LogP contribution in [0.5, 0.6) is 0 Å². The van der Waals surface area contributed by atoms with Gasteiger partial charge in [0, 0.05) is 12.6 Å². The highest BCUT2D eigenvalue weighted by molar-refractivity contribution is 5.82. The fraction of sp³-hybridized carbons (Fsp3) is 0.800. The fourth-order valence-corrected chi connectivity index (χ4v) is 3.21. The van der Waals surface area contributed by atoms with Crippen molar-refractivity contribution in [3.63, 3.8) is 0 Å². The minimum absolute atomic E-state index is 0.119. The van der Waals surface area contributed by atoms with Gasteiger partial charge < -0.3 is 10.6 Å². The van der Waals surface area contributed by atoms with Crippen molar-refractivity contribution in [3.05, 3.63) is 12.2 Å². The second kappa shape index (κ2) is 7.65. The summed E-state index contributed by atoms with van der Waals surface area (Å²) in [4.78, 5) is 14.7. The van der Waals surface area contributed by atoms with E-state index in [0.29, 0.717) is 6.04 Å². The van der Waals surface area contributed by atoms with Crippen LogP contribution in [0.1, 0.15) is 39.0 Å². The average molecular weight is 265 g/mol. The second-order valence-corrected chi connectivity index (χ2v) is 5.53. The summed E-state index contributed by atoms with van der Waals surface area (Å²) in [5, 5.41) is 6.48. The van der Waals surface area contributed by atoms with Gasteiger partial charge in [-0.1, -0.05) is 12.2 Å². The van der Waals surface area contributed by atoms with Crippen LogP contribution >= 0.6 is 0 Å².